The molecule has 2 fully saturated rings. The quantitative estimate of drug-likeness (QED) is 0.276. The highest BCUT2D eigenvalue weighted by molar-refractivity contribution is 5.68. The summed E-state index contributed by atoms with van der Waals surface area (Å²) in [4.78, 5) is 9.38. The number of nitrogens with zero attached hydrogens (tertiary/aromatic N) is 4. The summed E-state index contributed by atoms with van der Waals surface area (Å²) in [5, 5.41) is 25.3. The van der Waals surface area contributed by atoms with E-state index in [1.54, 1.807) is 13.3 Å². The standard InChI is InChI=1S/C28H33N7O2/c1-37-25-12-18(5-8-21(25)23-4-2-3-10-30-23)14-32-27-13-26(31-15-20-9-11-29-17-24(20)36)34-28-22(19-6-7-19)16-33-35(27)28/h2-5,8,10,12-13,16,19-20,24,29,32,36H,6-7,9,11,14-15,17H2,1H3,(H,31,34)/t20-,24+/m1/s1. The van der Waals surface area contributed by atoms with E-state index >= 15 is 0 Å². The zero-order chi connectivity index (χ0) is 25.2. The number of nitrogens with one attached hydrogen (secondary N) is 3. The number of aromatic nitrogens is 4. The molecule has 4 aromatic rings. The van der Waals surface area contributed by atoms with Crippen molar-refractivity contribution in [2.24, 2.45) is 5.92 Å². The molecule has 1 aliphatic carbocycles. The molecule has 0 amide bonds. The average Bonchev–Trinajstić information content (AvgIpc) is 3.70. The first-order chi connectivity index (χ1) is 18.2. The van der Waals surface area contributed by atoms with E-state index in [9.17, 15) is 5.11 Å². The normalized spacial score (nSPS) is 19.6. The van der Waals surface area contributed by atoms with E-state index < -0.39 is 0 Å². The van der Waals surface area contributed by atoms with E-state index in [4.69, 9.17) is 9.72 Å². The van der Waals surface area contributed by atoms with Gasteiger partial charge >= 0.3 is 0 Å². The van der Waals surface area contributed by atoms with E-state index in [2.05, 4.69) is 38.2 Å². The zero-order valence-corrected chi connectivity index (χ0v) is 21.0. The van der Waals surface area contributed by atoms with E-state index in [-0.39, 0.29) is 12.0 Å². The van der Waals surface area contributed by atoms with Gasteiger partial charge in [0, 0.05) is 48.9 Å². The molecule has 1 saturated carbocycles. The number of ether oxygens (including phenoxy) is 1. The molecule has 3 aromatic heterocycles. The van der Waals surface area contributed by atoms with Crippen molar-refractivity contribution >= 4 is 17.3 Å². The fourth-order valence-electron chi connectivity index (χ4n) is 5.02. The number of benzene rings is 1. The summed E-state index contributed by atoms with van der Waals surface area (Å²) in [6.07, 6.45) is 6.72. The second-order valence-corrected chi connectivity index (χ2v) is 9.94. The molecule has 1 saturated heterocycles. The number of hydrogen-bond acceptors (Lipinski definition) is 8. The summed E-state index contributed by atoms with van der Waals surface area (Å²) in [6.45, 7) is 2.86. The van der Waals surface area contributed by atoms with E-state index in [1.807, 2.05) is 41.0 Å². The number of β-amino-alcohol motifs (C(OH)–C–C–N with tert-alkyl or cyclic N) is 1. The van der Waals surface area contributed by atoms with Gasteiger partial charge in [0.1, 0.15) is 17.4 Å². The monoisotopic (exact) mass is 499 g/mol. The van der Waals surface area contributed by atoms with Crippen LogP contribution in [0.4, 0.5) is 11.6 Å². The predicted octanol–water partition coefficient (Wildman–Crippen LogP) is 3.67. The summed E-state index contributed by atoms with van der Waals surface area (Å²) in [7, 11) is 1.69. The Morgan fingerprint density at radius 3 is 2.84 bits per heavy atom. The van der Waals surface area contributed by atoms with E-state index in [0.29, 0.717) is 25.6 Å². The lowest BCUT2D eigenvalue weighted by molar-refractivity contribution is 0.0883. The highest BCUT2D eigenvalue weighted by atomic mass is 16.5. The van der Waals surface area contributed by atoms with Crippen LogP contribution in [-0.4, -0.2) is 57.5 Å². The number of piperidine rings is 1. The first-order valence-electron chi connectivity index (χ1n) is 13.0. The van der Waals surface area contributed by atoms with Gasteiger partial charge in [0.25, 0.3) is 0 Å². The molecule has 4 heterocycles. The van der Waals surface area contributed by atoms with Crippen molar-refractivity contribution in [1.29, 1.82) is 0 Å². The van der Waals surface area contributed by atoms with Crippen molar-refractivity contribution < 1.29 is 9.84 Å². The largest absolute Gasteiger partial charge is 0.496 e. The summed E-state index contributed by atoms with van der Waals surface area (Å²) in [5.74, 6) is 3.21. The third kappa shape index (κ3) is 5.10. The molecule has 0 unspecified atom stereocenters. The van der Waals surface area contributed by atoms with Gasteiger partial charge in [-0.25, -0.2) is 4.98 Å². The summed E-state index contributed by atoms with van der Waals surface area (Å²) in [6, 6.07) is 14.1. The number of methoxy groups -OCH3 is 1. The lowest BCUT2D eigenvalue weighted by atomic mass is 9.95. The average molecular weight is 500 g/mol. The van der Waals surface area contributed by atoms with Crippen LogP contribution < -0.4 is 20.7 Å². The predicted molar refractivity (Wildman–Crippen MR) is 144 cm³/mol. The third-order valence-corrected chi connectivity index (χ3v) is 7.33. The first-order valence-corrected chi connectivity index (χ1v) is 13.0. The van der Waals surface area contributed by atoms with Crippen LogP contribution in [0.25, 0.3) is 16.9 Å². The van der Waals surface area contributed by atoms with Crippen LogP contribution in [0.2, 0.25) is 0 Å². The number of aliphatic hydroxyl groups excluding tert-OH is 1. The molecule has 37 heavy (non-hydrogen) atoms. The Hall–Kier alpha value is -3.69. The highest BCUT2D eigenvalue weighted by Gasteiger charge is 2.28. The zero-order valence-electron chi connectivity index (χ0n) is 21.0. The fourth-order valence-corrected chi connectivity index (χ4v) is 5.02. The maximum Gasteiger partial charge on any atom is 0.163 e. The van der Waals surface area contributed by atoms with Gasteiger partial charge in [-0.3, -0.25) is 4.98 Å². The van der Waals surface area contributed by atoms with Crippen LogP contribution in [0.3, 0.4) is 0 Å². The second kappa shape index (κ2) is 10.4. The topological polar surface area (TPSA) is 109 Å². The minimum Gasteiger partial charge on any atom is -0.496 e. The number of aliphatic hydroxyl groups is 1. The molecule has 0 bridgehead atoms. The molecule has 192 valence electrons. The van der Waals surface area contributed by atoms with Crippen LogP contribution in [0.15, 0.2) is 54.9 Å². The van der Waals surface area contributed by atoms with Crippen LogP contribution in [0, 0.1) is 5.92 Å². The number of hydrogen-bond donors (Lipinski definition) is 4. The van der Waals surface area contributed by atoms with E-state index in [1.165, 1.54) is 18.4 Å². The summed E-state index contributed by atoms with van der Waals surface area (Å²) < 4.78 is 7.59. The smallest absolute Gasteiger partial charge is 0.163 e. The van der Waals surface area contributed by atoms with Crippen LogP contribution in [0.1, 0.15) is 36.3 Å². The Kier molecular flexibility index (Phi) is 6.63. The van der Waals surface area contributed by atoms with Crippen molar-refractivity contribution in [1.82, 2.24) is 24.9 Å². The molecule has 9 nitrogen and oxygen atoms in total. The third-order valence-electron chi connectivity index (χ3n) is 7.33. The van der Waals surface area contributed by atoms with Gasteiger partial charge in [-0.05, 0) is 61.6 Å². The van der Waals surface area contributed by atoms with Gasteiger partial charge in [-0.1, -0.05) is 12.1 Å². The van der Waals surface area contributed by atoms with Crippen molar-refractivity contribution in [2.45, 2.75) is 37.8 Å². The Bertz CT molecular complexity index is 1370. The van der Waals surface area contributed by atoms with Crippen LogP contribution in [0.5, 0.6) is 5.75 Å². The molecular formula is C28H33N7O2. The maximum absolute atomic E-state index is 10.3. The molecule has 2 aliphatic rings. The van der Waals surface area contributed by atoms with Gasteiger partial charge in [0.15, 0.2) is 5.65 Å². The number of fused-ring (bicyclic) bond motifs is 1. The summed E-state index contributed by atoms with van der Waals surface area (Å²) in [5.41, 5.74) is 5.03. The lowest BCUT2D eigenvalue weighted by Crippen LogP contribution is -2.43. The van der Waals surface area contributed by atoms with Crippen molar-refractivity contribution in [3.63, 3.8) is 0 Å². The number of anilines is 2. The Labute approximate surface area is 216 Å². The molecule has 4 N–H and O–H groups in total. The van der Waals surface area contributed by atoms with Crippen molar-refractivity contribution in [3.8, 4) is 17.0 Å². The molecular weight excluding hydrogens is 466 g/mol. The van der Waals surface area contributed by atoms with Gasteiger partial charge in [-0.2, -0.15) is 9.61 Å². The molecule has 0 spiro atoms. The number of rotatable bonds is 9. The SMILES string of the molecule is COc1cc(CNc2cc(NC[C@H]3CCNC[C@@H]3O)nc3c(C4CC4)cnn23)ccc1-c1ccccn1. The molecule has 0 radical (unpaired) electrons. The van der Waals surface area contributed by atoms with Crippen LogP contribution >= 0.6 is 0 Å². The Balaban J connectivity index is 1.24. The Morgan fingerprint density at radius 2 is 2.05 bits per heavy atom. The fraction of sp³-hybridized carbons (Fsp3) is 0.393. The Morgan fingerprint density at radius 1 is 1.14 bits per heavy atom. The van der Waals surface area contributed by atoms with Crippen molar-refractivity contribution in [3.05, 3.63) is 66.0 Å². The lowest BCUT2D eigenvalue weighted by Gasteiger charge is -2.28. The highest BCUT2D eigenvalue weighted by Crippen LogP contribution is 2.42. The first kappa shape index (κ1) is 23.7. The minimum absolute atomic E-state index is 0.202. The van der Waals surface area contributed by atoms with Gasteiger partial charge < -0.3 is 25.8 Å². The van der Waals surface area contributed by atoms with Gasteiger partial charge in [-0.15, -0.1) is 0 Å². The van der Waals surface area contributed by atoms with Crippen LogP contribution in [-0.2, 0) is 6.54 Å². The van der Waals surface area contributed by atoms with Gasteiger partial charge in [0.2, 0.25) is 0 Å². The van der Waals surface area contributed by atoms with Crippen molar-refractivity contribution in [2.75, 3.05) is 37.4 Å². The maximum atomic E-state index is 10.3. The minimum atomic E-state index is -0.344. The molecule has 1 aromatic carbocycles. The van der Waals surface area contributed by atoms with Gasteiger partial charge in [0.05, 0.1) is 25.1 Å². The summed E-state index contributed by atoms with van der Waals surface area (Å²) >= 11 is 0. The molecule has 6 rings (SSSR count). The van der Waals surface area contributed by atoms with E-state index in [0.717, 1.165) is 52.8 Å². The molecule has 2 atom stereocenters. The second-order valence-electron chi connectivity index (χ2n) is 9.94. The molecule has 9 heteroatoms. The number of pyridine rings is 1. The molecule has 1 aliphatic heterocycles.